The van der Waals surface area contributed by atoms with Gasteiger partial charge in [-0.15, -0.1) is 0 Å². The molecule has 0 unspecified atom stereocenters. The second-order valence-corrected chi connectivity index (χ2v) is 2.61. The van der Waals surface area contributed by atoms with Gasteiger partial charge in [-0.2, -0.15) is 0 Å². The lowest BCUT2D eigenvalue weighted by Crippen LogP contribution is -2.25. The molecule has 1 aromatic carbocycles. The smallest absolute Gasteiger partial charge is 0.402 e. The number of fused-ring (bicyclic) bond motifs is 1. The van der Waals surface area contributed by atoms with E-state index in [0.29, 0.717) is 6.07 Å². The third-order valence-corrected chi connectivity index (χ3v) is 1.64. The highest BCUT2D eigenvalue weighted by molar-refractivity contribution is 5.71. The van der Waals surface area contributed by atoms with Gasteiger partial charge in [-0.25, -0.2) is 13.6 Å². The number of aromatic nitrogens is 1. The molecule has 0 atom stereocenters. The van der Waals surface area contributed by atoms with E-state index in [4.69, 9.17) is 0 Å². The average Bonchev–Trinajstić information content (AvgIpc) is 2.08. The molecule has 6 heteroatoms. The van der Waals surface area contributed by atoms with Crippen molar-refractivity contribution in [1.82, 2.24) is 4.98 Å². The largest absolute Gasteiger partial charge is 0.414 e. The van der Waals surface area contributed by atoms with Gasteiger partial charge in [-0.1, -0.05) is 0 Å². The van der Waals surface area contributed by atoms with E-state index >= 15 is 0 Å². The molecule has 4 nitrogen and oxygen atoms in total. The summed E-state index contributed by atoms with van der Waals surface area (Å²) in [5.41, 5.74) is -2.92. The Balaban J connectivity index is 3.03. The minimum Gasteiger partial charge on any atom is -0.414 e. The van der Waals surface area contributed by atoms with E-state index in [2.05, 4.69) is 4.42 Å². The van der Waals surface area contributed by atoms with Crippen LogP contribution in [0.25, 0.3) is 11.1 Å². The molecule has 0 aliphatic rings. The highest BCUT2D eigenvalue weighted by Gasteiger charge is 2.08. The summed E-state index contributed by atoms with van der Waals surface area (Å²) in [6, 6.07) is 1.42. The van der Waals surface area contributed by atoms with Crippen LogP contribution in [0.3, 0.4) is 0 Å². The monoisotopic (exact) mass is 199 g/mol. The molecular formula is C8H3F2NO3. The number of rotatable bonds is 0. The van der Waals surface area contributed by atoms with Gasteiger partial charge < -0.3 is 9.40 Å². The minimum absolute atomic E-state index is 0.188. The molecule has 1 N–H and O–H groups in total. The first-order valence-electron chi connectivity index (χ1n) is 3.60. The quantitative estimate of drug-likeness (QED) is 0.637. The first kappa shape index (κ1) is 8.61. The lowest BCUT2D eigenvalue weighted by atomic mass is 10.3. The fourth-order valence-corrected chi connectivity index (χ4v) is 1.07. The minimum atomic E-state index is -1.22. The number of halogens is 2. The average molecular weight is 199 g/mol. The van der Waals surface area contributed by atoms with Gasteiger partial charge in [0.1, 0.15) is 5.82 Å². The van der Waals surface area contributed by atoms with Crippen LogP contribution in [0.5, 0.6) is 0 Å². The van der Waals surface area contributed by atoms with Crippen molar-refractivity contribution < 1.29 is 13.2 Å². The zero-order valence-electron chi connectivity index (χ0n) is 6.64. The number of aromatic amines is 1. The van der Waals surface area contributed by atoms with Crippen molar-refractivity contribution in [1.29, 1.82) is 0 Å². The van der Waals surface area contributed by atoms with Crippen LogP contribution >= 0.6 is 0 Å². The van der Waals surface area contributed by atoms with Gasteiger partial charge in [0.05, 0.1) is 5.52 Å². The molecule has 0 aliphatic carbocycles. The second kappa shape index (κ2) is 2.76. The zero-order chi connectivity index (χ0) is 10.3. The predicted octanol–water partition coefficient (Wildman–Crippen LogP) is 0.760. The summed E-state index contributed by atoms with van der Waals surface area (Å²) < 4.78 is 29.9. The fraction of sp³-hybridized carbons (Fsp3) is 0. The van der Waals surface area contributed by atoms with Crippen molar-refractivity contribution in [3.05, 3.63) is 44.5 Å². The van der Waals surface area contributed by atoms with Gasteiger partial charge in [0.15, 0.2) is 11.4 Å². The molecule has 0 aliphatic heterocycles. The first-order valence-corrected chi connectivity index (χ1v) is 3.60. The summed E-state index contributed by atoms with van der Waals surface area (Å²) in [5, 5.41) is 0. The molecule has 1 aromatic heterocycles. The fourth-order valence-electron chi connectivity index (χ4n) is 1.07. The molecule has 0 amide bonds. The number of hydrogen-bond donors (Lipinski definition) is 1. The molecule has 14 heavy (non-hydrogen) atoms. The zero-order valence-corrected chi connectivity index (χ0v) is 6.64. The Morgan fingerprint density at radius 3 is 2.64 bits per heavy atom. The maximum absolute atomic E-state index is 13.0. The van der Waals surface area contributed by atoms with Crippen LogP contribution in [-0.4, -0.2) is 4.98 Å². The molecule has 0 fully saturated rings. The second-order valence-electron chi connectivity index (χ2n) is 2.61. The number of H-pyrrole nitrogens is 1. The molecule has 0 spiro atoms. The summed E-state index contributed by atoms with van der Waals surface area (Å²) in [4.78, 5) is 23.4. The van der Waals surface area contributed by atoms with Crippen molar-refractivity contribution in [2.75, 3.05) is 0 Å². The lowest BCUT2D eigenvalue weighted by Gasteiger charge is -1.96. The van der Waals surface area contributed by atoms with Crippen LogP contribution in [0.4, 0.5) is 8.78 Å². The van der Waals surface area contributed by atoms with Crippen LogP contribution < -0.4 is 11.2 Å². The van der Waals surface area contributed by atoms with Crippen molar-refractivity contribution in [2.45, 2.75) is 0 Å². The van der Waals surface area contributed by atoms with E-state index in [9.17, 15) is 18.4 Å². The molecule has 0 saturated carbocycles. The molecule has 0 radical (unpaired) electrons. The SMILES string of the molecule is O=c1[nH]c2cc(F)cc(F)c2oc1=O. The Bertz CT molecular complexity index is 614. The molecule has 2 rings (SSSR count). The number of benzene rings is 1. The summed E-state index contributed by atoms with van der Waals surface area (Å²) in [7, 11) is 0. The third kappa shape index (κ3) is 1.20. The Labute approximate surface area is 74.8 Å². The van der Waals surface area contributed by atoms with Crippen LogP contribution in [-0.2, 0) is 0 Å². The van der Waals surface area contributed by atoms with Gasteiger partial charge in [0.25, 0.3) is 0 Å². The summed E-state index contributed by atoms with van der Waals surface area (Å²) >= 11 is 0. The topological polar surface area (TPSA) is 63.1 Å². The third-order valence-electron chi connectivity index (χ3n) is 1.64. The Morgan fingerprint density at radius 1 is 1.21 bits per heavy atom. The number of nitrogens with one attached hydrogen (secondary N) is 1. The molecule has 0 bridgehead atoms. The number of hydrogen-bond acceptors (Lipinski definition) is 3. The van der Waals surface area contributed by atoms with Gasteiger partial charge in [-0.05, 0) is 0 Å². The summed E-state index contributed by atoms with van der Waals surface area (Å²) in [5.74, 6) is -1.90. The van der Waals surface area contributed by atoms with Crippen molar-refractivity contribution in [3.8, 4) is 0 Å². The van der Waals surface area contributed by atoms with Crippen molar-refractivity contribution in [2.24, 2.45) is 0 Å². The van der Waals surface area contributed by atoms with Crippen LogP contribution in [0.2, 0.25) is 0 Å². The molecule has 2 aromatic rings. The Morgan fingerprint density at radius 2 is 1.93 bits per heavy atom. The lowest BCUT2D eigenvalue weighted by molar-refractivity contribution is 0.506. The van der Waals surface area contributed by atoms with Gasteiger partial charge in [-0.3, -0.25) is 4.79 Å². The van der Waals surface area contributed by atoms with Gasteiger partial charge in [0.2, 0.25) is 0 Å². The maximum Gasteiger partial charge on any atom is 0.402 e. The normalized spacial score (nSPS) is 10.7. The van der Waals surface area contributed by atoms with E-state index < -0.39 is 28.4 Å². The van der Waals surface area contributed by atoms with E-state index in [1.165, 1.54) is 0 Å². The van der Waals surface area contributed by atoms with Gasteiger partial charge in [0, 0.05) is 12.1 Å². The van der Waals surface area contributed by atoms with E-state index in [-0.39, 0.29) is 5.52 Å². The van der Waals surface area contributed by atoms with E-state index in [1.807, 2.05) is 4.98 Å². The maximum atomic E-state index is 13.0. The standard InChI is InChI=1S/C8H3F2NO3/c9-3-1-4(10)6-5(2-3)11-7(12)8(13)14-6/h1-2H,(H,11,12). The predicted molar refractivity (Wildman–Crippen MR) is 43.0 cm³/mol. The van der Waals surface area contributed by atoms with Gasteiger partial charge >= 0.3 is 11.2 Å². The van der Waals surface area contributed by atoms with E-state index in [1.54, 1.807) is 0 Å². The Kier molecular flexibility index (Phi) is 1.70. The molecule has 0 saturated heterocycles. The summed E-state index contributed by atoms with van der Waals surface area (Å²) in [6.07, 6.45) is 0. The van der Waals surface area contributed by atoms with E-state index in [0.717, 1.165) is 6.07 Å². The highest BCUT2D eigenvalue weighted by Crippen LogP contribution is 2.14. The Hall–Kier alpha value is -1.98. The molecule has 1 heterocycles. The highest BCUT2D eigenvalue weighted by atomic mass is 19.1. The summed E-state index contributed by atoms with van der Waals surface area (Å²) in [6.45, 7) is 0. The first-order chi connectivity index (χ1) is 6.58. The molecular weight excluding hydrogens is 196 g/mol. The van der Waals surface area contributed by atoms with Crippen molar-refractivity contribution >= 4 is 11.1 Å². The van der Waals surface area contributed by atoms with Crippen LogP contribution in [0.1, 0.15) is 0 Å². The van der Waals surface area contributed by atoms with Crippen molar-refractivity contribution in [3.63, 3.8) is 0 Å². The van der Waals surface area contributed by atoms with Crippen LogP contribution in [0.15, 0.2) is 26.1 Å². The van der Waals surface area contributed by atoms with Crippen LogP contribution in [0, 0.1) is 11.6 Å². The molecule has 72 valence electrons.